The summed E-state index contributed by atoms with van der Waals surface area (Å²) in [4.78, 5) is 4.17. The maximum Gasteiger partial charge on any atom is 0.282 e. The Bertz CT molecular complexity index is 857. The molecule has 1 saturated carbocycles. The molecule has 25 heavy (non-hydrogen) atoms. The molecule has 1 aliphatic rings. The number of rotatable bonds is 5. The highest BCUT2D eigenvalue weighted by Gasteiger charge is 2.25. The van der Waals surface area contributed by atoms with E-state index in [-0.39, 0.29) is 16.6 Å². The number of nitrogens with zero attached hydrogens (tertiary/aromatic N) is 3. The van der Waals surface area contributed by atoms with Crippen molar-refractivity contribution in [1.29, 1.82) is 0 Å². The van der Waals surface area contributed by atoms with Crippen LogP contribution in [0.3, 0.4) is 0 Å². The van der Waals surface area contributed by atoms with E-state index in [2.05, 4.69) is 15.4 Å². The lowest BCUT2D eigenvalue weighted by Gasteiger charge is -2.16. The van der Waals surface area contributed by atoms with Crippen LogP contribution in [0.1, 0.15) is 43.4 Å². The summed E-state index contributed by atoms with van der Waals surface area (Å²) >= 11 is 0. The zero-order chi connectivity index (χ0) is 18.2. The molecule has 2 heterocycles. The Morgan fingerprint density at radius 3 is 2.48 bits per heavy atom. The van der Waals surface area contributed by atoms with Crippen LogP contribution in [-0.4, -0.2) is 35.5 Å². The predicted molar refractivity (Wildman–Crippen MR) is 90.0 cm³/mol. The topological polar surface area (TPSA) is 76.9 Å². The molecule has 9 heteroatoms. The molecule has 0 radical (unpaired) electrons. The van der Waals surface area contributed by atoms with E-state index in [9.17, 15) is 17.2 Å². The van der Waals surface area contributed by atoms with Crippen LogP contribution in [0.4, 0.5) is 14.6 Å². The first-order valence-corrected chi connectivity index (χ1v) is 9.97. The monoisotopic (exact) mass is 370 g/mol. The van der Waals surface area contributed by atoms with E-state index >= 15 is 0 Å². The predicted octanol–water partition coefficient (Wildman–Crippen LogP) is 3.27. The second-order valence-corrected chi connectivity index (χ2v) is 8.34. The third-order valence-corrected chi connectivity index (χ3v) is 5.53. The molecule has 0 saturated heterocycles. The number of hydrogen-bond acceptors (Lipinski definition) is 5. The van der Waals surface area contributed by atoms with Crippen molar-refractivity contribution in [1.82, 2.24) is 14.8 Å². The molecule has 0 unspecified atom stereocenters. The molecule has 0 spiro atoms. The first kappa shape index (κ1) is 17.8. The van der Waals surface area contributed by atoms with Gasteiger partial charge in [-0.25, -0.2) is 22.2 Å². The first-order chi connectivity index (χ1) is 11.8. The van der Waals surface area contributed by atoms with Crippen molar-refractivity contribution in [2.45, 2.75) is 50.0 Å². The van der Waals surface area contributed by atoms with Gasteiger partial charge in [-0.3, -0.25) is 0 Å². The second-order valence-electron chi connectivity index (χ2n) is 6.32. The van der Waals surface area contributed by atoms with Crippen LogP contribution in [0.25, 0.3) is 5.82 Å². The van der Waals surface area contributed by atoms with Crippen LogP contribution >= 0.6 is 0 Å². The van der Waals surface area contributed by atoms with E-state index < -0.39 is 16.3 Å². The number of nitrogens with one attached hydrogen (secondary N) is 1. The highest BCUT2D eigenvalue weighted by Crippen LogP contribution is 2.31. The van der Waals surface area contributed by atoms with Gasteiger partial charge in [0.05, 0.1) is 4.90 Å². The highest BCUT2D eigenvalue weighted by atomic mass is 32.2. The second kappa shape index (κ2) is 6.70. The molecule has 1 aliphatic carbocycles. The zero-order valence-corrected chi connectivity index (χ0v) is 14.9. The van der Waals surface area contributed by atoms with Crippen molar-refractivity contribution in [3.63, 3.8) is 0 Å². The van der Waals surface area contributed by atoms with Crippen LogP contribution in [0, 0.1) is 6.92 Å². The van der Waals surface area contributed by atoms with E-state index in [4.69, 9.17) is 0 Å². The van der Waals surface area contributed by atoms with Gasteiger partial charge in [0.2, 0.25) is 0 Å². The lowest BCUT2D eigenvalue weighted by molar-refractivity contribution is 0.144. The molecule has 0 aliphatic heterocycles. The summed E-state index contributed by atoms with van der Waals surface area (Å²) in [6, 6.07) is 3.09. The molecule has 1 fully saturated rings. The van der Waals surface area contributed by atoms with Crippen LogP contribution < -0.4 is 5.32 Å². The molecule has 2 aromatic rings. The summed E-state index contributed by atoms with van der Waals surface area (Å²) in [7, 11) is -3.37. The van der Waals surface area contributed by atoms with Crippen molar-refractivity contribution in [3.05, 3.63) is 29.6 Å². The maximum atomic E-state index is 13.3. The number of hydrogen-bond donors (Lipinski definition) is 1. The largest absolute Gasteiger partial charge is 0.367 e. The average Bonchev–Trinajstić information content (AvgIpc) is 3.16. The van der Waals surface area contributed by atoms with Gasteiger partial charge < -0.3 is 5.32 Å². The van der Waals surface area contributed by atoms with Crippen molar-refractivity contribution in [2.75, 3.05) is 11.6 Å². The van der Waals surface area contributed by atoms with E-state index in [1.165, 1.54) is 23.0 Å². The molecule has 0 atom stereocenters. The molecule has 1 N–H and O–H groups in total. The van der Waals surface area contributed by atoms with Gasteiger partial charge in [0.1, 0.15) is 11.5 Å². The van der Waals surface area contributed by atoms with Crippen LogP contribution in [0.2, 0.25) is 0 Å². The lowest BCUT2D eigenvalue weighted by atomic mass is 10.2. The van der Waals surface area contributed by atoms with Gasteiger partial charge >= 0.3 is 0 Å². The van der Waals surface area contributed by atoms with Crippen molar-refractivity contribution >= 4 is 15.7 Å². The first-order valence-electron chi connectivity index (χ1n) is 8.08. The Kier molecular flexibility index (Phi) is 4.77. The molecular formula is C16H20F2N4O2S. The molecule has 0 amide bonds. The average molecular weight is 370 g/mol. The number of pyridine rings is 1. The number of halogens is 2. The molecule has 136 valence electrons. The maximum absolute atomic E-state index is 13.3. The van der Waals surface area contributed by atoms with Crippen LogP contribution in [0.5, 0.6) is 0 Å². The Balaban J connectivity index is 2.03. The molecule has 0 bridgehead atoms. The van der Waals surface area contributed by atoms with Crippen molar-refractivity contribution in [3.8, 4) is 5.82 Å². The minimum Gasteiger partial charge on any atom is -0.367 e. The van der Waals surface area contributed by atoms with E-state index in [0.717, 1.165) is 31.9 Å². The lowest BCUT2D eigenvalue weighted by Crippen LogP contribution is -2.18. The van der Waals surface area contributed by atoms with E-state index in [1.54, 1.807) is 6.92 Å². The van der Waals surface area contributed by atoms with Crippen molar-refractivity contribution < 1.29 is 17.2 Å². The molecule has 2 aromatic heterocycles. The molecule has 0 aromatic carbocycles. The van der Waals surface area contributed by atoms with Gasteiger partial charge in [0, 0.05) is 24.1 Å². The summed E-state index contributed by atoms with van der Waals surface area (Å²) in [6.45, 7) is 1.60. The summed E-state index contributed by atoms with van der Waals surface area (Å²) in [5.74, 6) is 0.782. The quantitative estimate of drug-likeness (QED) is 0.874. The Labute approximate surface area is 145 Å². The minimum absolute atomic E-state index is 0.0690. The smallest absolute Gasteiger partial charge is 0.282 e. The minimum atomic E-state index is -3.37. The summed E-state index contributed by atoms with van der Waals surface area (Å²) in [5.41, 5.74) is 0.0883. The molecule has 3 rings (SSSR count). The number of aromatic nitrogens is 3. The third kappa shape index (κ3) is 3.65. The SMILES string of the molecule is Cc1c(C(F)F)nn(-c2ccc(S(C)(=O)=O)cn2)c1NC1CCCC1. The fraction of sp³-hybridized carbons (Fsp3) is 0.500. The van der Waals surface area contributed by atoms with Gasteiger partial charge in [0.25, 0.3) is 6.43 Å². The normalized spacial score (nSPS) is 15.9. The fourth-order valence-electron chi connectivity index (χ4n) is 3.04. The zero-order valence-electron chi connectivity index (χ0n) is 14.0. The number of sulfone groups is 1. The Hall–Kier alpha value is -2.03. The van der Waals surface area contributed by atoms with Crippen LogP contribution in [0.15, 0.2) is 23.2 Å². The third-order valence-electron chi connectivity index (χ3n) is 4.43. The fourth-order valence-corrected chi connectivity index (χ4v) is 3.60. The van der Waals surface area contributed by atoms with Crippen molar-refractivity contribution in [2.24, 2.45) is 0 Å². The summed E-state index contributed by atoms with van der Waals surface area (Å²) in [5, 5.41) is 7.31. The van der Waals surface area contributed by atoms with Gasteiger partial charge in [-0.2, -0.15) is 9.78 Å². The van der Waals surface area contributed by atoms with Gasteiger partial charge in [0.15, 0.2) is 15.7 Å². The highest BCUT2D eigenvalue weighted by molar-refractivity contribution is 7.90. The van der Waals surface area contributed by atoms with Gasteiger partial charge in [-0.15, -0.1) is 0 Å². The standard InChI is InChI=1S/C16H20F2N4O2S/c1-10-14(15(17)18)21-22(16(10)20-11-5-3-4-6-11)13-8-7-12(9-19-13)25(2,23)24/h7-9,11,15,20H,3-6H2,1-2H3. The number of anilines is 1. The summed E-state index contributed by atoms with van der Waals surface area (Å²) in [6.07, 6.45) is 3.78. The Morgan fingerprint density at radius 2 is 1.96 bits per heavy atom. The summed E-state index contributed by atoms with van der Waals surface area (Å²) < 4.78 is 51.0. The van der Waals surface area contributed by atoms with E-state index in [0.29, 0.717) is 17.2 Å². The van der Waals surface area contributed by atoms with Gasteiger partial charge in [-0.1, -0.05) is 12.8 Å². The molecule has 6 nitrogen and oxygen atoms in total. The Morgan fingerprint density at radius 1 is 1.28 bits per heavy atom. The van der Waals surface area contributed by atoms with E-state index in [1.807, 2.05) is 0 Å². The number of alkyl halides is 2. The molecular weight excluding hydrogens is 350 g/mol. The van der Waals surface area contributed by atoms with Gasteiger partial charge in [-0.05, 0) is 31.9 Å². The van der Waals surface area contributed by atoms with Crippen LogP contribution in [-0.2, 0) is 9.84 Å².